The lowest BCUT2D eigenvalue weighted by Crippen LogP contribution is -2.64. The molecule has 3 aliphatic rings. The molecule has 10 unspecified atom stereocenters. The van der Waals surface area contributed by atoms with Crippen LogP contribution in [0.5, 0.6) is 0 Å². The van der Waals surface area contributed by atoms with E-state index in [9.17, 15) is 44.7 Å². The van der Waals surface area contributed by atoms with E-state index < -0.39 is 85.2 Å². The first-order valence-electron chi connectivity index (χ1n) is 13.7. The highest BCUT2D eigenvalue weighted by atomic mass is 16.8. The number of nitrogens with zero attached hydrogens (tertiary/aromatic N) is 1. The number of amides is 4. The Morgan fingerprint density at radius 2 is 1.37 bits per heavy atom. The number of ether oxygens (including phenoxy) is 5. The lowest BCUT2D eigenvalue weighted by molar-refractivity contribution is -0.387. The molecule has 3 fully saturated rings. The van der Waals surface area contributed by atoms with Crippen molar-refractivity contribution in [3.8, 4) is 0 Å². The second-order valence-corrected chi connectivity index (χ2v) is 10.2. The van der Waals surface area contributed by atoms with Gasteiger partial charge in [-0.05, 0) is 6.92 Å². The van der Waals surface area contributed by atoms with Crippen molar-refractivity contribution >= 4 is 23.6 Å². The molecule has 3 rings (SSSR count). The maximum Gasteiger partial charge on any atom is 0.239 e. The van der Waals surface area contributed by atoms with Crippen molar-refractivity contribution in [2.24, 2.45) is 0 Å². The molecule has 0 aliphatic carbocycles. The molecule has 0 spiro atoms. The summed E-state index contributed by atoms with van der Waals surface area (Å²) in [5.41, 5.74) is 0. The molecule has 3 heterocycles. The second kappa shape index (κ2) is 16.5. The molecule has 4 amide bonds. The van der Waals surface area contributed by atoms with Crippen LogP contribution in [0.3, 0.4) is 0 Å². The minimum atomic E-state index is -1.80. The number of hydrogen-bond acceptors (Lipinski definition) is 15. The number of carbonyl (C=O) groups is 4. The summed E-state index contributed by atoms with van der Waals surface area (Å²) >= 11 is 0. The van der Waals surface area contributed by atoms with Gasteiger partial charge in [-0.25, -0.2) is 0 Å². The summed E-state index contributed by atoms with van der Waals surface area (Å²) < 4.78 is 27.9. The third kappa shape index (κ3) is 9.98. The first-order chi connectivity index (χ1) is 20.4. The van der Waals surface area contributed by atoms with Crippen LogP contribution in [0, 0.1) is 0 Å². The van der Waals surface area contributed by atoms with E-state index in [1.54, 1.807) is 0 Å². The normalized spacial score (nSPS) is 37.4. The zero-order valence-corrected chi connectivity index (χ0v) is 23.8. The molecule has 2 bridgehead atoms. The summed E-state index contributed by atoms with van der Waals surface area (Å²) in [6.07, 6.45) is -15.2. The van der Waals surface area contributed by atoms with Crippen molar-refractivity contribution in [1.29, 1.82) is 0 Å². The number of rotatable bonds is 4. The number of aliphatic hydroxyl groups excluding tert-OH is 5. The van der Waals surface area contributed by atoms with Gasteiger partial charge in [-0.3, -0.25) is 24.1 Å². The average Bonchev–Trinajstić information content (AvgIpc) is 2.96. The number of carbonyl (C=O) groups excluding carboxylic acids is 4. The number of fused-ring (bicyclic) bond motifs is 3. The highest BCUT2D eigenvalue weighted by Crippen LogP contribution is 2.29. The van der Waals surface area contributed by atoms with E-state index in [1.807, 2.05) is 0 Å². The Kier molecular flexibility index (Phi) is 13.4. The molecule has 3 aliphatic heterocycles. The summed E-state index contributed by atoms with van der Waals surface area (Å²) in [6, 6.07) is 0. The monoisotopic (exact) mass is 623 g/mol. The van der Waals surface area contributed by atoms with Crippen LogP contribution in [0.15, 0.2) is 0 Å². The highest BCUT2D eigenvalue weighted by molar-refractivity contribution is 5.87. The lowest BCUT2D eigenvalue weighted by Gasteiger charge is -2.45. The van der Waals surface area contributed by atoms with Crippen LogP contribution in [0.25, 0.3) is 0 Å². The van der Waals surface area contributed by atoms with Crippen LogP contribution in [-0.2, 0) is 42.9 Å². The van der Waals surface area contributed by atoms with Crippen LogP contribution >= 0.6 is 0 Å². The lowest BCUT2D eigenvalue weighted by atomic mass is 9.99. The Morgan fingerprint density at radius 3 is 1.98 bits per heavy atom. The Hall–Kier alpha value is -2.56. The van der Waals surface area contributed by atoms with Crippen molar-refractivity contribution in [2.75, 3.05) is 59.5 Å². The maximum atomic E-state index is 12.6. The van der Waals surface area contributed by atoms with E-state index in [0.29, 0.717) is 0 Å². The topological polar surface area (TPSA) is 267 Å². The largest absolute Gasteiger partial charge is 0.388 e. The van der Waals surface area contributed by atoms with Gasteiger partial charge in [0, 0.05) is 20.1 Å². The predicted molar refractivity (Wildman–Crippen MR) is 139 cm³/mol. The molecule has 0 saturated carbocycles. The zero-order chi connectivity index (χ0) is 31.7. The number of nitrogens with one attached hydrogen (secondary N) is 4. The van der Waals surface area contributed by atoms with Gasteiger partial charge in [0.1, 0.15) is 36.6 Å². The Labute approximate surface area is 246 Å². The summed E-state index contributed by atoms with van der Waals surface area (Å²) in [6.45, 7) is -0.571. The molecule has 10 atom stereocenters. The van der Waals surface area contributed by atoms with Crippen molar-refractivity contribution in [2.45, 2.75) is 68.5 Å². The number of hydrogen-bond donors (Lipinski definition) is 9. The Bertz CT molecular complexity index is 961. The number of likely N-dealkylation sites (N-methyl/N-ethyl adjacent to an activating group) is 1. The van der Waals surface area contributed by atoms with Crippen molar-refractivity contribution in [1.82, 2.24) is 26.2 Å². The molecule has 19 heteroatoms. The Morgan fingerprint density at radius 1 is 0.791 bits per heavy atom. The van der Waals surface area contributed by atoms with Crippen LogP contribution < -0.4 is 21.3 Å². The summed E-state index contributed by atoms with van der Waals surface area (Å²) in [5, 5.41) is 62.0. The van der Waals surface area contributed by atoms with E-state index in [-0.39, 0.29) is 52.5 Å². The molecule has 9 N–H and O–H groups in total. The maximum absolute atomic E-state index is 12.6. The zero-order valence-electron chi connectivity index (χ0n) is 23.8. The van der Waals surface area contributed by atoms with E-state index in [1.165, 1.54) is 18.9 Å². The molecule has 3 saturated heterocycles. The highest BCUT2D eigenvalue weighted by Gasteiger charge is 2.50. The Balaban J connectivity index is 1.74. The standard InChI is InChI=1S/C24H41N5O14/c1-11-16(34)18(36)21-24(41-11)40-6-4-27-14(32)9-29(10-15(33)28-7-12(30)25-2)8-13(31)26-3-5-39-22-19(37)17(35)20(38)23(42-21)43-22/h11,16-24,34-38H,3-10H2,1-2H3,(H,25,30)(H,26,31)(H,27,32)(H,28,33). The quantitative estimate of drug-likeness (QED) is 0.141. The van der Waals surface area contributed by atoms with Crippen molar-refractivity contribution < 1.29 is 68.4 Å². The molecule has 19 nitrogen and oxygen atoms in total. The third-order valence-corrected chi connectivity index (χ3v) is 6.84. The van der Waals surface area contributed by atoms with Gasteiger partial charge in [0.25, 0.3) is 0 Å². The van der Waals surface area contributed by atoms with Gasteiger partial charge in [-0.1, -0.05) is 0 Å². The van der Waals surface area contributed by atoms with E-state index >= 15 is 0 Å². The first kappa shape index (κ1) is 34.9. The molecule has 246 valence electrons. The summed E-state index contributed by atoms with van der Waals surface area (Å²) in [7, 11) is 1.40. The fourth-order valence-corrected chi connectivity index (χ4v) is 4.45. The molecular formula is C24H41N5O14. The minimum Gasteiger partial charge on any atom is -0.388 e. The van der Waals surface area contributed by atoms with Gasteiger partial charge < -0.3 is 70.5 Å². The van der Waals surface area contributed by atoms with Crippen LogP contribution in [0.4, 0.5) is 0 Å². The molecular weight excluding hydrogens is 582 g/mol. The smallest absolute Gasteiger partial charge is 0.239 e. The fraction of sp³-hybridized carbons (Fsp3) is 0.833. The summed E-state index contributed by atoms with van der Waals surface area (Å²) in [5.74, 6) is -2.19. The first-order valence-corrected chi connectivity index (χ1v) is 13.7. The van der Waals surface area contributed by atoms with Crippen molar-refractivity contribution in [3.05, 3.63) is 0 Å². The van der Waals surface area contributed by atoms with Gasteiger partial charge in [0.05, 0.1) is 45.5 Å². The van der Waals surface area contributed by atoms with Gasteiger partial charge in [0.15, 0.2) is 18.9 Å². The van der Waals surface area contributed by atoms with Gasteiger partial charge in [0.2, 0.25) is 23.6 Å². The third-order valence-electron chi connectivity index (χ3n) is 6.84. The van der Waals surface area contributed by atoms with Crippen LogP contribution in [-0.4, -0.2) is 175 Å². The van der Waals surface area contributed by atoms with Gasteiger partial charge >= 0.3 is 0 Å². The molecule has 0 aromatic rings. The number of aliphatic hydroxyl groups is 5. The van der Waals surface area contributed by atoms with Gasteiger partial charge in [-0.2, -0.15) is 0 Å². The molecule has 43 heavy (non-hydrogen) atoms. The average molecular weight is 624 g/mol. The van der Waals surface area contributed by atoms with Gasteiger partial charge in [-0.15, -0.1) is 0 Å². The molecule has 0 radical (unpaired) electrons. The SMILES string of the molecule is CNC(=O)CNC(=O)CN1CC(=O)NCCOC2OC(OC3C(OCCNC(=O)C1)OC(C)C(O)C3O)C(O)C(O)C2O. The van der Waals surface area contributed by atoms with Crippen LogP contribution in [0.1, 0.15) is 6.92 Å². The fourth-order valence-electron chi connectivity index (χ4n) is 4.45. The van der Waals surface area contributed by atoms with E-state index in [0.717, 1.165) is 0 Å². The molecule has 0 aromatic heterocycles. The second-order valence-electron chi connectivity index (χ2n) is 10.2. The minimum absolute atomic E-state index is 0.0786. The molecule has 0 aromatic carbocycles. The predicted octanol–water partition coefficient (Wildman–Crippen LogP) is -6.95. The summed E-state index contributed by atoms with van der Waals surface area (Å²) in [4.78, 5) is 50.1. The van der Waals surface area contributed by atoms with E-state index in [2.05, 4.69) is 21.3 Å². The van der Waals surface area contributed by atoms with Crippen molar-refractivity contribution in [3.63, 3.8) is 0 Å². The van der Waals surface area contributed by atoms with Crippen LogP contribution in [0.2, 0.25) is 0 Å². The van der Waals surface area contributed by atoms with E-state index in [4.69, 9.17) is 23.7 Å².